The maximum absolute atomic E-state index is 13.4. The van der Waals surface area contributed by atoms with Crippen LogP contribution in [0.15, 0.2) is 61.1 Å². The summed E-state index contributed by atoms with van der Waals surface area (Å²) in [5.74, 6) is -0.212. The number of benzene rings is 2. The third-order valence-electron chi connectivity index (χ3n) is 4.24. The number of hydrogen-bond acceptors (Lipinski definition) is 3. The van der Waals surface area contributed by atoms with Crippen molar-refractivity contribution >= 4 is 11.0 Å². The summed E-state index contributed by atoms with van der Waals surface area (Å²) in [4.78, 5) is 8.75. The van der Waals surface area contributed by atoms with Gasteiger partial charge in [0.05, 0.1) is 17.4 Å². The number of imidazole rings is 1. The van der Waals surface area contributed by atoms with Crippen LogP contribution in [0.4, 0.5) is 13.2 Å². The largest absolute Gasteiger partial charge is 0.435 e. The highest BCUT2D eigenvalue weighted by molar-refractivity contribution is 5.81. The van der Waals surface area contributed by atoms with E-state index < -0.39 is 6.61 Å². The molecule has 7 heteroatoms. The Kier molecular flexibility index (Phi) is 4.27. The van der Waals surface area contributed by atoms with E-state index in [0.29, 0.717) is 11.2 Å². The summed E-state index contributed by atoms with van der Waals surface area (Å²) in [7, 11) is 0. The van der Waals surface area contributed by atoms with Crippen LogP contribution in [0.5, 0.6) is 5.75 Å². The number of halogens is 3. The molecule has 0 N–H and O–H groups in total. The molecule has 0 aliphatic rings. The second kappa shape index (κ2) is 6.75. The number of ether oxygens (including phenoxy) is 1. The summed E-state index contributed by atoms with van der Waals surface area (Å²) in [5, 5.41) is 0. The minimum absolute atomic E-state index is 0.0856. The lowest BCUT2D eigenvalue weighted by molar-refractivity contribution is -0.0498. The molecule has 4 rings (SSSR count). The Labute approximate surface area is 152 Å². The van der Waals surface area contributed by atoms with Crippen LogP contribution in [0.25, 0.3) is 28.0 Å². The summed E-state index contributed by atoms with van der Waals surface area (Å²) >= 11 is 0. The van der Waals surface area contributed by atoms with Crippen molar-refractivity contribution in [3.8, 4) is 22.7 Å². The second-order valence-corrected chi connectivity index (χ2v) is 6.00. The van der Waals surface area contributed by atoms with Crippen molar-refractivity contribution in [1.29, 1.82) is 0 Å². The molecule has 0 bridgehead atoms. The molecule has 0 unspecified atom stereocenters. The third-order valence-corrected chi connectivity index (χ3v) is 4.24. The summed E-state index contributed by atoms with van der Waals surface area (Å²) < 4.78 is 44.2. The van der Waals surface area contributed by atoms with Gasteiger partial charge < -0.3 is 4.74 Å². The Morgan fingerprint density at radius 1 is 1.00 bits per heavy atom. The molecule has 27 heavy (non-hydrogen) atoms. The van der Waals surface area contributed by atoms with Crippen LogP contribution in [0.1, 0.15) is 5.56 Å². The molecule has 0 radical (unpaired) electrons. The van der Waals surface area contributed by atoms with Crippen molar-refractivity contribution < 1.29 is 17.9 Å². The van der Waals surface area contributed by atoms with E-state index in [2.05, 4.69) is 14.7 Å². The Morgan fingerprint density at radius 3 is 2.48 bits per heavy atom. The lowest BCUT2D eigenvalue weighted by atomic mass is 10.0. The maximum atomic E-state index is 13.4. The van der Waals surface area contributed by atoms with E-state index >= 15 is 0 Å². The van der Waals surface area contributed by atoms with Crippen LogP contribution in [-0.4, -0.2) is 21.1 Å². The molecule has 4 aromatic rings. The molecule has 136 valence electrons. The van der Waals surface area contributed by atoms with Gasteiger partial charge in [-0.05, 0) is 61.0 Å². The van der Waals surface area contributed by atoms with E-state index in [-0.39, 0.29) is 11.6 Å². The van der Waals surface area contributed by atoms with E-state index in [0.717, 1.165) is 22.3 Å². The molecule has 0 saturated heterocycles. The molecule has 2 aromatic carbocycles. The topological polar surface area (TPSA) is 39.9 Å². The van der Waals surface area contributed by atoms with E-state index in [1.165, 1.54) is 24.3 Å². The third kappa shape index (κ3) is 3.36. The van der Waals surface area contributed by atoms with Crippen molar-refractivity contribution in [3.05, 3.63) is 72.4 Å². The molecule has 0 saturated carbocycles. The second-order valence-electron chi connectivity index (χ2n) is 6.00. The normalized spacial score (nSPS) is 11.3. The zero-order valence-electron chi connectivity index (χ0n) is 14.2. The average Bonchev–Trinajstić information content (AvgIpc) is 3.05. The van der Waals surface area contributed by atoms with E-state index in [9.17, 15) is 13.2 Å². The standard InChI is InChI=1S/C20H14F3N3O/c1-12-8-13(21)2-7-16(12)17-9-19-18(10-24-17)25-11-26(19)14-3-5-15(6-4-14)27-20(22)23/h2-11,20H,1H3. The number of aromatic nitrogens is 3. The Bertz CT molecular complexity index is 1110. The van der Waals surface area contributed by atoms with E-state index in [1.807, 2.05) is 17.6 Å². The minimum atomic E-state index is -2.86. The van der Waals surface area contributed by atoms with Gasteiger partial charge in [0, 0.05) is 11.3 Å². The monoisotopic (exact) mass is 369 g/mol. The zero-order chi connectivity index (χ0) is 19.0. The first-order chi connectivity index (χ1) is 13.0. The van der Waals surface area contributed by atoms with Crippen molar-refractivity contribution in [2.45, 2.75) is 13.5 Å². The van der Waals surface area contributed by atoms with Gasteiger partial charge in [0.15, 0.2) is 0 Å². The van der Waals surface area contributed by atoms with Gasteiger partial charge in [-0.3, -0.25) is 9.55 Å². The van der Waals surface area contributed by atoms with Crippen molar-refractivity contribution in [2.24, 2.45) is 0 Å². The first kappa shape index (κ1) is 17.1. The van der Waals surface area contributed by atoms with E-state index in [1.54, 1.807) is 30.7 Å². The van der Waals surface area contributed by atoms with Crippen LogP contribution in [0, 0.1) is 12.7 Å². The summed E-state index contributed by atoms with van der Waals surface area (Å²) in [6.45, 7) is -1.04. The van der Waals surface area contributed by atoms with Crippen LogP contribution in [0.3, 0.4) is 0 Å². The van der Waals surface area contributed by atoms with Crippen molar-refractivity contribution in [3.63, 3.8) is 0 Å². The summed E-state index contributed by atoms with van der Waals surface area (Å²) in [6.07, 6.45) is 3.29. The van der Waals surface area contributed by atoms with Crippen LogP contribution < -0.4 is 4.74 Å². The molecule has 4 nitrogen and oxygen atoms in total. The van der Waals surface area contributed by atoms with E-state index in [4.69, 9.17) is 0 Å². The average molecular weight is 369 g/mol. The number of rotatable bonds is 4. The minimum Gasteiger partial charge on any atom is -0.435 e. The summed E-state index contributed by atoms with van der Waals surface area (Å²) in [5.41, 5.74) is 4.53. The highest BCUT2D eigenvalue weighted by Gasteiger charge is 2.11. The van der Waals surface area contributed by atoms with Gasteiger partial charge in [0.25, 0.3) is 0 Å². The van der Waals surface area contributed by atoms with Gasteiger partial charge in [-0.2, -0.15) is 8.78 Å². The maximum Gasteiger partial charge on any atom is 0.387 e. The van der Waals surface area contributed by atoms with Crippen molar-refractivity contribution in [2.75, 3.05) is 0 Å². The number of pyridine rings is 1. The lowest BCUT2D eigenvalue weighted by Gasteiger charge is -2.09. The molecule has 0 spiro atoms. The molecule has 2 aromatic heterocycles. The fraction of sp³-hybridized carbons (Fsp3) is 0.100. The van der Waals surface area contributed by atoms with Gasteiger partial charge in [0.1, 0.15) is 23.4 Å². The number of nitrogens with zero attached hydrogens (tertiary/aromatic N) is 3. The number of aryl methyl sites for hydroxylation is 1. The lowest BCUT2D eigenvalue weighted by Crippen LogP contribution is -2.02. The quantitative estimate of drug-likeness (QED) is 0.500. The first-order valence-electron chi connectivity index (χ1n) is 8.16. The zero-order valence-corrected chi connectivity index (χ0v) is 14.2. The van der Waals surface area contributed by atoms with Gasteiger partial charge in [-0.25, -0.2) is 9.37 Å². The molecular formula is C20H14F3N3O. The van der Waals surface area contributed by atoms with Crippen LogP contribution >= 0.6 is 0 Å². The fourth-order valence-electron chi connectivity index (χ4n) is 2.97. The molecule has 0 atom stereocenters. The van der Waals surface area contributed by atoms with Crippen molar-refractivity contribution in [1.82, 2.24) is 14.5 Å². The first-order valence-corrected chi connectivity index (χ1v) is 8.16. The smallest absolute Gasteiger partial charge is 0.387 e. The number of alkyl halides is 2. The Balaban J connectivity index is 1.76. The predicted molar refractivity (Wildman–Crippen MR) is 95.6 cm³/mol. The molecule has 0 fully saturated rings. The SMILES string of the molecule is Cc1cc(F)ccc1-c1cc2c(cn1)ncn2-c1ccc(OC(F)F)cc1. The summed E-state index contributed by atoms with van der Waals surface area (Å²) in [6, 6.07) is 12.7. The number of hydrogen-bond donors (Lipinski definition) is 0. The fourth-order valence-corrected chi connectivity index (χ4v) is 2.97. The number of fused-ring (bicyclic) bond motifs is 1. The molecule has 2 heterocycles. The van der Waals surface area contributed by atoms with Gasteiger partial charge >= 0.3 is 6.61 Å². The van der Waals surface area contributed by atoms with Gasteiger partial charge in [-0.15, -0.1) is 0 Å². The Morgan fingerprint density at radius 2 is 1.78 bits per heavy atom. The molecule has 0 aliphatic heterocycles. The molecule has 0 amide bonds. The Hall–Kier alpha value is -3.35. The predicted octanol–water partition coefficient (Wildman–Crippen LogP) is 5.14. The highest BCUT2D eigenvalue weighted by atomic mass is 19.3. The van der Waals surface area contributed by atoms with Gasteiger partial charge in [0.2, 0.25) is 0 Å². The van der Waals surface area contributed by atoms with Crippen LogP contribution in [0.2, 0.25) is 0 Å². The van der Waals surface area contributed by atoms with Crippen LogP contribution in [-0.2, 0) is 0 Å². The molecular weight excluding hydrogens is 355 g/mol. The van der Waals surface area contributed by atoms with Gasteiger partial charge in [-0.1, -0.05) is 0 Å². The molecule has 0 aliphatic carbocycles. The highest BCUT2D eigenvalue weighted by Crippen LogP contribution is 2.27.